The van der Waals surface area contributed by atoms with Crippen molar-refractivity contribution in [3.63, 3.8) is 0 Å². The Morgan fingerprint density at radius 1 is 1.35 bits per heavy atom. The third-order valence-corrected chi connectivity index (χ3v) is 4.10. The van der Waals surface area contributed by atoms with E-state index in [0.29, 0.717) is 11.3 Å². The van der Waals surface area contributed by atoms with Crippen molar-refractivity contribution in [3.05, 3.63) is 29.3 Å². The SMILES string of the molecule is Cc1ccc(C(=O)O)cc1NS(=O)(=O)C(C)C. The molecule has 1 aromatic carbocycles. The number of aryl methyl sites for hydroxylation is 1. The molecule has 0 aliphatic rings. The molecule has 1 aromatic rings. The highest BCUT2D eigenvalue weighted by Crippen LogP contribution is 2.19. The fourth-order valence-corrected chi connectivity index (χ4v) is 1.90. The zero-order valence-electron chi connectivity index (χ0n) is 9.89. The van der Waals surface area contributed by atoms with Gasteiger partial charge in [-0.15, -0.1) is 0 Å². The maximum Gasteiger partial charge on any atom is 0.335 e. The lowest BCUT2D eigenvalue weighted by atomic mass is 10.1. The van der Waals surface area contributed by atoms with Crippen molar-refractivity contribution >= 4 is 21.7 Å². The Balaban J connectivity index is 3.15. The van der Waals surface area contributed by atoms with E-state index in [1.54, 1.807) is 26.8 Å². The second kappa shape index (κ2) is 4.75. The van der Waals surface area contributed by atoms with Crippen LogP contribution in [0.25, 0.3) is 0 Å². The number of hydrogen-bond acceptors (Lipinski definition) is 3. The predicted molar refractivity (Wildman–Crippen MR) is 65.8 cm³/mol. The predicted octanol–water partition coefficient (Wildman–Crippen LogP) is 1.84. The fraction of sp³-hybridized carbons (Fsp3) is 0.364. The van der Waals surface area contributed by atoms with Crippen LogP contribution < -0.4 is 4.72 Å². The molecular weight excluding hydrogens is 242 g/mol. The molecule has 0 aliphatic carbocycles. The van der Waals surface area contributed by atoms with Crippen molar-refractivity contribution in [1.82, 2.24) is 0 Å². The van der Waals surface area contributed by atoms with E-state index in [-0.39, 0.29) is 5.56 Å². The van der Waals surface area contributed by atoms with Crippen molar-refractivity contribution in [2.24, 2.45) is 0 Å². The van der Waals surface area contributed by atoms with E-state index in [4.69, 9.17) is 5.11 Å². The van der Waals surface area contributed by atoms with Gasteiger partial charge in [0.05, 0.1) is 16.5 Å². The summed E-state index contributed by atoms with van der Waals surface area (Å²) in [6.45, 7) is 4.82. The van der Waals surface area contributed by atoms with Gasteiger partial charge < -0.3 is 5.11 Å². The van der Waals surface area contributed by atoms with Crippen molar-refractivity contribution in [2.45, 2.75) is 26.0 Å². The molecule has 0 amide bonds. The molecule has 0 bridgehead atoms. The Morgan fingerprint density at radius 2 is 1.94 bits per heavy atom. The summed E-state index contributed by atoms with van der Waals surface area (Å²) >= 11 is 0. The summed E-state index contributed by atoms with van der Waals surface area (Å²) in [7, 11) is -3.46. The summed E-state index contributed by atoms with van der Waals surface area (Å²) in [5.41, 5.74) is 1.04. The molecule has 0 unspecified atom stereocenters. The first-order valence-corrected chi connectivity index (χ1v) is 6.64. The Morgan fingerprint density at radius 3 is 2.41 bits per heavy atom. The average Bonchev–Trinajstić information content (AvgIpc) is 2.20. The number of carbonyl (C=O) groups is 1. The quantitative estimate of drug-likeness (QED) is 0.862. The summed E-state index contributed by atoms with van der Waals surface area (Å²) in [5, 5.41) is 8.26. The minimum Gasteiger partial charge on any atom is -0.478 e. The molecule has 0 aromatic heterocycles. The normalized spacial score (nSPS) is 11.5. The van der Waals surface area contributed by atoms with Crippen molar-refractivity contribution in [3.8, 4) is 0 Å². The number of benzene rings is 1. The van der Waals surface area contributed by atoms with Crippen LogP contribution in [0.15, 0.2) is 18.2 Å². The highest BCUT2D eigenvalue weighted by Gasteiger charge is 2.17. The molecule has 17 heavy (non-hydrogen) atoms. The zero-order valence-corrected chi connectivity index (χ0v) is 10.7. The van der Waals surface area contributed by atoms with E-state index < -0.39 is 21.2 Å². The molecule has 0 spiro atoms. The Hall–Kier alpha value is -1.56. The van der Waals surface area contributed by atoms with Gasteiger partial charge in [-0.2, -0.15) is 0 Å². The Labute approximate surface area is 101 Å². The number of aromatic carboxylic acids is 1. The Kier molecular flexibility index (Phi) is 3.77. The first-order chi connectivity index (χ1) is 7.74. The van der Waals surface area contributed by atoms with Crippen LogP contribution in [0.1, 0.15) is 29.8 Å². The average molecular weight is 257 g/mol. The number of anilines is 1. The van der Waals surface area contributed by atoms with Crippen molar-refractivity contribution < 1.29 is 18.3 Å². The lowest BCUT2D eigenvalue weighted by Crippen LogP contribution is -2.23. The van der Waals surface area contributed by atoms with Crippen molar-refractivity contribution in [1.29, 1.82) is 0 Å². The number of carboxylic acids is 1. The molecule has 0 saturated carbocycles. The van der Waals surface area contributed by atoms with E-state index >= 15 is 0 Å². The van der Waals surface area contributed by atoms with Gasteiger partial charge in [0.15, 0.2) is 0 Å². The molecule has 0 radical (unpaired) electrons. The lowest BCUT2D eigenvalue weighted by Gasteiger charge is -2.13. The number of nitrogens with one attached hydrogen (secondary N) is 1. The van der Waals surface area contributed by atoms with E-state index in [2.05, 4.69) is 4.72 Å². The van der Waals surface area contributed by atoms with Crippen LogP contribution in [-0.2, 0) is 10.0 Å². The third kappa shape index (κ3) is 3.20. The molecule has 2 N–H and O–H groups in total. The molecule has 94 valence electrons. The maximum atomic E-state index is 11.7. The molecule has 5 nitrogen and oxygen atoms in total. The molecule has 0 saturated heterocycles. The molecule has 0 atom stereocenters. The molecular formula is C11H15NO4S. The topological polar surface area (TPSA) is 83.5 Å². The van der Waals surface area contributed by atoms with E-state index in [9.17, 15) is 13.2 Å². The second-order valence-corrected chi connectivity index (χ2v) is 6.27. The number of rotatable bonds is 4. The van der Waals surface area contributed by atoms with Crippen LogP contribution in [-0.4, -0.2) is 24.7 Å². The van der Waals surface area contributed by atoms with Gasteiger partial charge in [-0.05, 0) is 38.5 Å². The van der Waals surface area contributed by atoms with Crippen LogP contribution in [0.4, 0.5) is 5.69 Å². The van der Waals surface area contributed by atoms with Crippen LogP contribution in [0.3, 0.4) is 0 Å². The van der Waals surface area contributed by atoms with Gasteiger partial charge in [0.25, 0.3) is 0 Å². The monoisotopic (exact) mass is 257 g/mol. The minimum atomic E-state index is -3.46. The standard InChI is InChI=1S/C11H15NO4S/c1-7(2)17(15,16)12-10-6-9(11(13)14)5-4-8(10)3/h4-7,12H,1-3H3,(H,13,14). The molecule has 6 heteroatoms. The Bertz CT molecular complexity index is 534. The van der Waals surface area contributed by atoms with Gasteiger partial charge in [-0.1, -0.05) is 6.07 Å². The largest absolute Gasteiger partial charge is 0.478 e. The van der Waals surface area contributed by atoms with Gasteiger partial charge in [0.2, 0.25) is 10.0 Å². The fourth-order valence-electron chi connectivity index (χ4n) is 1.14. The van der Waals surface area contributed by atoms with Gasteiger partial charge in [-0.3, -0.25) is 4.72 Å². The van der Waals surface area contributed by atoms with Gasteiger partial charge in [-0.25, -0.2) is 13.2 Å². The second-order valence-electron chi connectivity index (χ2n) is 4.03. The third-order valence-electron chi connectivity index (χ3n) is 2.36. The number of hydrogen-bond donors (Lipinski definition) is 2. The van der Waals surface area contributed by atoms with Gasteiger partial charge in [0, 0.05) is 0 Å². The van der Waals surface area contributed by atoms with Crippen molar-refractivity contribution in [2.75, 3.05) is 4.72 Å². The molecule has 0 aliphatic heterocycles. The molecule has 0 heterocycles. The molecule has 0 fully saturated rings. The van der Waals surface area contributed by atoms with E-state index in [1.807, 2.05) is 0 Å². The van der Waals surface area contributed by atoms with Crippen LogP contribution in [0.2, 0.25) is 0 Å². The first-order valence-electron chi connectivity index (χ1n) is 5.09. The van der Waals surface area contributed by atoms with E-state index in [1.165, 1.54) is 12.1 Å². The van der Waals surface area contributed by atoms with Gasteiger partial charge in [0.1, 0.15) is 0 Å². The van der Waals surface area contributed by atoms with Crippen LogP contribution >= 0.6 is 0 Å². The summed E-state index contributed by atoms with van der Waals surface area (Å²) in [6.07, 6.45) is 0. The first kappa shape index (κ1) is 13.5. The summed E-state index contributed by atoms with van der Waals surface area (Å²) in [6, 6.07) is 4.32. The summed E-state index contributed by atoms with van der Waals surface area (Å²) < 4.78 is 25.7. The summed E-state index contributed by atoms with van der Waals surface area (Å²) in [5.74, 6) is -1.09. The number of sulfonamides is 1. The maximum absolute atomic E-state index is 11.7. The number of carboxylic acid groups (broad SMARTS) is 1. The van der Waals surface area contributed by atoms with Crippen LogP contribution in [0.5, 0.6) is 0 Å². The highest BCUT2D eigenvalue weighted by molar-refractivity contribution is 7.93. The smallest absolute Gasteiger partial charge is 0.335 e. The highest BCUT2D eigenvalue weighted by atomic mass is 32.2. The zero-order chi connectivity index (χ0) is 13.2. The van der Waals surface area contributed by atoms with Crippen LogP contribution in [0, 0.1) is 6.92 Å². The van der Waals surface area contributed by atoms with Gasteiger partial charge >= 0.3 is 5.97 Å². The van der Waals surface area contributed by atoms with E-state index in [0.717, 1.165) is 0 Å². The summed E-state index contributed by atoms with van der Waals surface area (Å²) in [4.78, 5) is 10.8. The molecule has 1 rings (SSSR count). The minimum absolute atomic E-state index is 0.0528. The lowest BCUT2D eigenvalue weighted by molar-refractivity contribution is 0.0697.